The molecule has 0 spiro atoms. The van der Waals surface area contributed by atoms with Crippen molar-refractivity contribution in [2.45, 2.75) is 30.8 Å². The summed E-state index contributed by atoms with van der Waals surface area (Å²) in [7, 11) is 1.99. The second-order valence-corrected chi connectivity index (χ2v) is 5.35. The van der Waals surface area contributed by atoms with Crippen LogP contribution in [0.25, 0.3) is 10.9 Å². The highest BCUT2D eigenvalue weighted by Crippen LogP contribution is 2.26. The van der Waals surface area contributed by atoms with Crippen LogP contribution in [-0.2, 0) is 13.6 Å². The normalized spacial score (nSPS) is 23.9. The molecule has 0 saturated heterocycles. The highest BCUT2D eigenvalue weighted by molar-refractivity contribution is 6.21. The van der Waals surface area contributed by atoms with Gasteiger partial charge in [-0.3, -0.25) is 4.68 Å². The molecule has 0 unspecified atom stereocenters. The lowest BCUT2D eigenvalue weighted by atomic mass is 9.92. The maximum Gasteiger partial charge on any atom is 0.0841 e. The van der Waals surface area contributed by atoms with Gasteiger partial charge in [-0.1, -0.05) is 18.2 Å². The molecule has 3 nitrogen and oxygen atoms in total. The molecule has 1 heterocycles. The van der Waals surface area contributed by atoms with Gasteiger partial charge in [0.05, 0.1) is 11.2 Å². The van der Waals surface area contributed by atoms with Crippen LogP contribution in [0.1, 0.15) is 18.5 Å². The van der Waals surface area contributed by atoms with Crippen molar-refractivity contribution in [1.29, 1.82) is 0 Å². The molecule has 2 aromatic rings. The molecule has 1 aliphatic carbocycles. The second kappa shape index (κ2) is 4.31. The number of aryl methyl sites for hydroxylation is 1. The maximum absolute atomic E-state index is 5.96. The number of aromatic nitrogens is 2. The highest BCUT2D eigenvalue weighted by atomic mass is 35.5. The highest BCUT2D eigenvalue weighted by Gasteiger charge is 2.26. The summed E-state index contributed by atoms with van der Waals surface area (Å²) < 4.78 is 1.94. The molecule has 1 aromatic heterocycles. The summed E-state index contributed by atoms with van der Waals surface area (Å²) in [6, 6.07) is 8.91. The van der Waals surface area contributed by atoms with Crippen LogP contribution in [0.15, 0.2) is 24.3 Å². The Morgan fingerprint density at radius 2 is 2.18 bits per heavy atom. The Morgan fingerprint density at radius 3 is 2.94 bits per heavy atom. The van der Waals surface area contributed by atoms with Crippen LogP contribution in [0, 0.1) is 0 Å². The van der Waals surface area contributed by atoms with Crippen LogP contribution in [0.3, 0.4) is 0 Å². The first kappa shape index (κ1) is 11.1. The van der Waals surface area contributed by atoms with Crippen LogP contribution in [0.2, 0.25) is 0 Å². The smallest absolute Gasteiger partial charge is 0.0841 e. The van der Waals surface area contributed by atoms with Crippen molar-refractivity contribution in [2.24, 2.45) is 7.05 Å². The van der Waals surface area contributed by atoms with Gasteiger partial charge < -0.3 is 5.32 Å². The van der Waals surface area contributed by atoms with Crippen LogP contribution in [0.5, 0.6) is 0 Å². The Balaban J connectivity index is 1.76. The van der Waals surface area contributed by atoms with Gasteiger partial charge in [-0.25, -0.2) is 0 Å². The third-order valence-electron chi connectivity index (χ3n) is 3.47. The molecule has 1 saturated carbocycles. The Labute approximate surface area is 106 Å². The SMILES string of the molecule is Cn1nc(CNC2CC(Cl)C2)c2ccccc21. The van der Waals surface area contributed by atoms with Crippen molar-refractivity contribution in [1.82, 2.24) is 15.1 Å². The lowest BCUT2D eigenvalue weighted by Gasteiger charge is -2.31. The summed E-state index contributed by atoms with van der Waals surface area (Å²) in [5.41, 5.74) is 2.31. The van der Waals surface area contributed by atoms with Gasteiger partial charge in [-0.05, 0) is 18.9 Å². The molecule has 0 bridgehead atoms. The van der Waals surface area contributed by atoms with E-state index in [4.69, 9.17) is 11.6 Å². The molecule has 0 aliphatic heterocycles. The van der Waals surface area contributed by atoms with E-state index in [0.29, 0.717) is 11.4 Å². The number of para-hydroxylation sites is 1. The number of hydrogen-bond acceptors (Lipinski definition) is 2. The van der Waals surface area contributed by atoms with E-state index < -0.39 is 0 Å². The summed E-state index contributed by atoms with van der Waals surface area (Å²) in [6.45, 7) is 0.829. The van der Waals surface area contributed by atoms with E-state index in [0.717, 1.165) is 25.1 Å². The summed E-state index contributed by atoms with van der Waals surface area (Å²) in [6.07, 6.45) is 2.15. The first-order valence-corrected chi connectivity index (χ1v) is 6.46. The van der Waals surface area contributed by atoms with Crippen molar-refractivity contribution >= 4 is 22.5 Å². The minimum Gasteiger partial charge on any atom is -0.308 e. The minimum atomic E-state index is 0.368. The zero-order valence-electron chi connectivity index (χ0n) is 9.86. The van der Waals surface area contributed by atoms with Crippen molar-refractivity contribution in [2.75, 3.05) is 0 Å². The predicted molar refractivity (Wildman–Crippen MR) is 70.2 cm³/mol. The topological polar surface area (TPSA) is 29.9 Å². The number of hydrogen-bond donors (Lipinski definition) is 1. The van der Waals surface area contributed by atoms with Crippen molar-refractivity contribution in [3.8, 4) is 0 Å². The fourth-order valence-electron chi connectivity index (χ4n) is 2.38. The average Bonchev–Trinajstić information content (AvgIpc) is 2.61. The molecule has 0 amide bonds. The lowest BCUT2D eigenvalue weighted by molar-refractivity contribution is 0.343. The van der Waals surface area contributed by atoms with E-state index in [2.05, 4.69) is 28.6 Å². The van der Waals surface area contributed by atoms with Gasteiger partial charge in [0, 0.05) is 30.4 Å². The summed E-state index contributed by atoms with van der Waals surface area (Å²) in [5.74, 6) is 0. The Hall–Kier alpha value is -1.06. The number of alkyl halides is 1. The molecule has 1 aliphatic rings. The minimum absolute atomic E-state index is 0.368. The summed E-state index contributed by atoms with van der Waals surface area (Å²) >= 11 is 5.96. The Bertz CT molecular complexity index is 528. The first-order chi connectivity index (χ1) is 8.24. The fourth-order valence-corrected chi connectivity index (χ4v) is 2.81. The van der Waals surface area contributed by atoms with E-state index >= 15 is 0 Å². The monoisotopic (exact) mass is 249 g/mol. The van der Waals surface area contributed by atoms with Gasteiger partial charge in [0.25, 0.3) is 0 Å². The standard InChI is InChI=1S/C13H16ClN3/c1-17-13-5-3-2-4-11(13)12(16-17)8-15-10-6-9(14)7-10/h2-5,9-10,15H,6-8H2,1H3. The molecule has 0 atom stereocenters. The number of nitrogens with one attached hydrogen (secondary N) is 1. The first-order valence-electron chi connectivity index (χ1n) is 6.02. The van der Waals surface area contributed by atoms with Crippen molar-refractivity contribution < 1.29 is 0 Å². The third-order valence-corrected chi connectivity index (χ3v) is 3.83. The van der Waals surface area contributed by atoms with Crippen LogP contribution >= 0.6 is 11.6 Å². The maximum atomic E-state index is 5.96. The molecule has 1 aromatic carbocycles. The molecular formula is C13H16ClN3. The van der Waals surface area contributed by atoms with E-state index in [1.165, 1.54) is 10.9 Å². The summed E-state index contributed by atoms with van der Waals surface area (Å²) in [4.78, 5) is 0. The van der Waals surface area contributed by atoms with Gasteiger partial charge in [0.15, 0.2) is 0 Å². The van der Waals surface area contributed by atoms with E-state index in [9.17, 15) is 0 Å². The largest absolute Gasteiger partial charge is 0.308 e. The second-order valence-electron chi connectivity index (χ2n) is 4.73. The Morgan fingerprint density at radius 1 is 1.41 bits per heavy atom. The molecule has 0 radical (unpaired) electrons. The fraction of sp³-hybridized carbons (Fsp3) is 0.462. The van der Waals surface area contributed by atoms with Crippen LogP contribution in [-0.4, -0.2) is 21.2 Å². The Kier molecular flexibility index (Phi) is 2.81. The molecule has 17 heavy (non-hydrogen) atoms. The zero-order chi connectivity index (χ0) is 11.8. The average molecular weight is 250 g/mol. The third kappa shape index (κ3) is 2.05. The van der Waals surface area contributed by atoms with E-state index in [1.807, 2.05) is 17.8 Å². The lowest BCUT2D eigenvalue weighted by Crippen LogP contribution is -2.41. The summed E-state index contributed by atoms with van der Waals surface area (Å²) in [5, 5.41) is 9.68. The van der Waals surface area contributed by atoms with Gasteiger partial charge in [0.1, 0.15) is 0 Å². The van der Waals surface area contributed by atoms with Crippen molar-refractivity contribution in [3.63, 3.8) is 0 Å². The van der Waals surface area contributed by atoms with E-state index in [1.54, 1.807) is 0 Å². The number of nitrogens with zero attached hydrogens (tertiary/aromatic N) is 2. The quantitative estimate of drug-likeness (QED) is 0.847. The van der Waals surface area contributed by atoms with Crippen molar-refractivity contribution in [3.05, 3.63) is 30.0 Å². The van der Waals surface area contributed by atoms with Gasteiger partial charge >= 0.3 is 0 Å². The predicted octanol–water partition coefficient (Wildman–Crippen LogP) is 2.43. The number of benzene rings is 1. The molecule has 90 valence electrons. The molecule has 1 fully saturated rings. The van der Waals surface area contributed by atoms with Crippen LogP contribution in [0.4, 0.5) is 0 Å². The van der Waals surface area contributed by atoms with Gasteiger partial charge in [-0.15, -0.1) is 11.6 Å². The van der Waals surface area contributed by atoms with Gasteiger partial charge in [-0.2, -0.15) is 5.10 Å². The number of fused-ring (bicyclic) bond motifs is 1. The zero-order valence-corrected chi connectivity index (χ0v) is 10.6. The molecule has 4 heteroatoms. The van der Waals surface area contributed by atoms with Crippen LogP contribution < -0.4 is 5.32 Å². The molecule has 1 N–H and O–H groups in total. The molecular weight excluding hydrogens is 234 g/mol. The van der Waals surface area contributed by atoms with E-state index in [-0.39, 0.29) is 0 Å². The van der Waals surface area contributed by atoms with Gasteiger partial charge in [0.2, 0.25) is 0 Å². The number of rotatable bonds is 3. The molecule has 3 rings (SSSR count). The number of halogens is 1.